The number of benzene rings is 1. The van der Waals surface area contributed by atoms with E-state index in [2.05, 4.69) is 35.8 Å². The molecule has 11 nitrogen and oxygen atoms in total. The van der Waals surface area contributed by atoms with Crippen LogP contribution in [0.4, 0.5) is 17.3 Å². The second-order valence-corrected chi connectivity index (χ2v) is 7.74. The van der Waals surface area contributed by atoms with Gasteiger partial charge >= 0.3 is 0 Å². The standard InChI is InChI=1S/C23H22N8O3/c1-13-25-23(34-30-13)16-11-24-20(10-17(16)26-18(12-32)14-6-4-3-5-7-14)27-19-9-8-15-21(28-19)31(2)29-22(15)33/h3-11,18,32H,12H2,1-2H3,(H,29,33)(H2,24,26,27,28)/t18-/m1/s1. The van der Waals surface area contributed by atoms with E-state index in [1.807, 2.05) is 30.3 Å². The number of rotatable bonds is 7. The lowest BCUT2D eigenvalue weighted by atomic mass is 10.1. The van der Waals surface area contributed by atoms with Crippen LogP contribution in [0.15, 0.2) is 64.0 Å². The van der Waals surface area contributed by atoms with Gasteiger partial charge in [-0.15, -0.1) is 0 Å². The molecule has 5 rings (SSSR count). The third-order valence-electron chi connectivity index (χ3n) is 5.34. The molecule has 0 radical (unpaired) electrons. The van der Waals surface area contributed by atoms with E-state index < -0.39 is 0 Å². The molecule has 0 aliphatic heterocycles. The number of anilines is 3. The Morgan fingerprint density at radius 2 is 1.97 bits per heavy atom. The fourth-order valence-corrected chi connectivity index (χ4v) is 3.68. The number of hydrogen-bond acceptors (Lipinski definition) is 9. The molecule has 1 aromatic carbocycles. The van der Waals surface area contributed by atoms with Crippen LogP contribution in [0.5, 0.6) is 0 Å². The lowest BCUT2D eigenvalue weighted by Crippen LogP contribution is -2.15. The number of aliphatic hydroxyl groups excluding tert-OH is 1. The number of aryl methyl sites for hydroxylation is 2. The van der Waals surface area contributed by atoms with Crippen molar-refractivity contribution in [1.82, 2.24) is 29.9 Å². The first-order chi connectivity index (χ1) is 16.5. The Hall–Kier alpha value is -4.51. The maximum absolute atomic E-state index is 11.9. The molecule has 34 heavy (non-hydrogen) atoms. The number of nitrogens with zero attached hydrogens (tertiary/aromatic N) is 5. The average molecular weight is 458 g/mol. The number of aromatic amines is 1. The largest absolute Gasteiger partial charge is 0.394 e. The van der Waals surface area contributed by atoms with E-state index in [1.165, 1.54) is 0 Å². The predicted octanol–water partition coefficient (Wildman–Crippen LogP) is 2.90. The first-order valence-corrected chi connectivity index (χ1v) is 10.6. The van der Waals surface area contributed by atoms with Gasteiger partial charge in [-0.3, -0.25) is 14.6 Å². The number of fused-ring (bicyclic) bond motifs is 1. The Kier molecular flexibility index (Phi) is 5.52. The van der Waals surface area contributed by atoms with E-state index in [0.717, 1.165) is 5.56 Å². The van der Waals surface area contributed by atoms with E-state index in [0.29, 0.717) is 45.6 Å². The molecule has 0 amide bonds. The summed E-state index contributed by atoms with van der Waals surface area (Å²) in [5, 5.41) is 23.6. The molecule has 0 aliphatic carbocycles. The van der Waals surface area contributed by atoms with Crippen molar-refractivity contribution in [2.24, 2.45) is 7.05 Å². The minimum absolute atomic E-state index is 0.128. The van der Waals surface area contributed by atoms with Gasteiger partial charge in [-0.25, -0.2) is 9.97 Å². The molecular weight excluding hydrogens is 436 g/mol. The molecule has 4 heterocycles. The van der Waals surface area contributed by atoms with Gasteiger partial charge in [-0.1, -0.05) is 35.5 Å². The van der Waals surface area contributed by atoms with Crippen LogP contribution in [0.2, 0.25) is 0 Å². The Balaban J connectivity index is 1.52. The lowest BCUT2D eigenvalue weighted by molar-refractivity contribution is 0.276. The summed E-state index contributed by atoms with van der Waals surface area (Å²) in [5.74, 6) is 1.83. The van der Waals surface area contributed by atoms with Gasteiger partial charge in [0.25, 0.3) is 11.4 Å². The van der Waals surface area contributed by atoms with Gasteiger partial charge in [0.1, 0.15) is 11.6 Å². The van der Waals surface area contributed by atoms with Crippen LogP contribution in [0.1, 0.15) is 17.4 Å². The van der Waals surface area contributed by atoms with Crippen molar-refractivity contribution < 1.29 is 9.63 Å². The Morgan fingerprint density at radius 1 is 1.15 bits per heavy atom. The minimum Gasteiger partial charge on any atom is -0.394 e. The monoisotopic (exact) mass is 458 g/mol. The molecule has 11 heteroatoms. The molecule has 0 saturated heterocycles. The van der Waals surface area contributed by atoms with Crippen LogP contribution in [0.3, 0.4) is 0 Å². The Labute approximate surface area is 193 Å². The first kappa shape index (κ1) is 21.3. The van der Waals surface area contributed by atoms with Gasteiger partial charge < -0.3 is 20.3 Å². The third-order valence-corrected chi connectivity index (χ3v) is 5.34. The number of aromatic nitrogens is 6. The van der Waals surface area contributed by atoms with Crippen molar-refractivity contribution in [2.75, 3.05) is 17.2 Å². The summed E-state index contributed by atoms with van der Waals surface area (Å²) in [5.41, 5.74) is 2.48. The van der Waals surface area contributed by atoms with Gasteiger partial charge in [0, 0.05) is 19.3 Å². The number of H-pyrrole nitrogens is 1. The van der Waals surface area contributed by atoms with Crippen LogP contribution in [-0.2, 0) is 7.05 Å². The fraction of sp³-hybridized carbons (Fsp3) is 0.174. The quantitative estimate of drug-likeness (QED) is 0.289. The third kappa shape index (κ3) is 4.11. The fourth-order valence-electron chi connectivity index (χ4n) is 3.68. The number of hydrogen-bond donors (Lipinski definition) is 4. The summed E-state index contributed by atoms with van der Waals surface area (Å²) in [6, 6.07) is 14.4. The Morgan fingerprint density at radius 3 is 2.71 bits per heavy atom. The van der Waals surface area contributed by atoms with Gasteiger partial charge in [0.05, 0.1) is 29.3 Å². The average Bonchev–Trinajstić information content (AvgIpc) is 3.40. The van der Waals surface area contributed by atoms with E-state index in [9.17, 15) is 9.90 Å². The summed E-state index contributed by atoms with van der Waals surface area (Å²) in [4.78, 5) is 25.2. The van der Waals surface area contributed by atoms with Gasteiger partial charge in [-0.2, -0.15) is 4.98 Å². The molecule has 0 unspecified atom stereocenters. The molecule has 0 bridgehead atoms. The van der Waals surface area contributed by atoms with Gasteiger partial charge in [0.15, 0.2) is 11.5 Å². The number of pyridine rings is 2. The second-order valence-electron chi connectivity index (χ2n) is 7.74. The highest BCUT2D eigenvalue weighted by Gasteiger charge is 2.18. The molecule has 0 spiro atoms. The maximum atomic E-state index is 11.9. The summed E-state index contributed by atoms with van der Waals surface area (Å²) < 4.78 is 6.93. The highest BCUT2D eigenvalue weighted by Crippen LogP contribution is 2.32. The van der Waals surface area contributed by atoms with Gasteiger partial charge in [0.2, 0.25) is 0 Å². The van der Waals surface area contributed by atoms with Crippen molar-refractivity contribution in [3.8, 4) is 11.5 Å². The van der Waals surface area contributed by atoms with Crippen molar-refractivity contribution in [2.45, 2.75) is 13.0 Å². The summed E-state index contributed by atoms with van der Waals surface area (Å²) >= 11 is 0. The molecule has 0 aliphatic rings. The van der Waals surface area contributed by atoms with E-state index in [1.54, 1.807) is 43.0 Å². The van der Waals surface area contributed by atoms with Crippen LogP contribution >= 0.6 is 0 Å². The number of aliphatic hydroxyl groups is 1. The normalized spacial score (nSPS) is 12.1. The zero-order chi connectivity index (χ0) is 23.7. The zero-order valence-electron chi connectivity index (χ0n) is 18.5. The molecule has 4 aromatic heterocycles. The zero-order valence-corrected chi connectivity index (χ0v) is 18.5. The molecular formula is C23H22N8O3. The van der Waals surface area contributed by atoms with Gasteiger partial charge in [-0.05, 0) is 24.6 Å². The summed E-state index contributed by atoms with van der Waals surface area (Å²) in [6.07, 6.45) is 1.61. The summed E-state index contributed by atoms with van der Waals surface area (Å²) in [6.45, 7) is 1.61. The molecule has 0 fully saturated rings. The van der Waals surface area contributed by atoms with Crippen LogP contribution in [-0.4, -0.2) is 41.6 Å². The highest BCUT2D eigenvalue weighted by molar-refractivity contribution is 5.78. The predicted molar refractivity (Wildman–Crippen MR) is 127 cm³/mol. The molecule has 1 atom stereocenters. The molecule has 0 saturated carbocycles. The van der Waals surface area contributed by atoms with E-state index in [4.69, 9.17) is 4.52 Å². The van der Waals surface area contributed by atoms with Crippen LogP contribution in [0, 0.1) is 6.92 Å². The van der Waals surface area contributed by atoms with E-state index >= 15 is 0 Å². The molecule has 4 N–H and O–H groups in total. The smallest absolute Gasteiger partial charge is 0.273 e. The van der Waals surface area contributed by atoms with Crippen molar-refractivity contribution in [3.05, 3.63) is 76.5 Å². The van der Waals surface area contributed by atoms with Crippen molar-refractivity contribution in [1.29, 1.82) is 0 Å². The molecule has 172 valence electrons. The topological polar surface area (TPSA) is 147 Å². The van der Waals surface area contributed by atoms with Crippen molar-refractivity contribution in [3.63, 3.8) is 0 Å². The lowest BCUT2D eigenvalue weighted by Gasteiger charge is -2.20. The van der Waals surface area contributed by atoms with Crippen molar-refractivity contribution >= 4 is 28.4 Å². The SMILES string of the molecule is Cc1noc(-c2cnc(Nc3ccc4c(=O)[nH]n(C)c4n3)cc2N[C@H](CO)c2ccccc2)n1. The highest BCUT2D eigenvalue weighted by atomic mass is 16.5. The van der Waals surface area contributed by atoms with Crippen LogP contribution < -0.4 is 16.2 Å². The Bertz CT molecular complexity index is 1510. The molecule has 5 aromatic rings. The van der Waals surface area contributed by atoms with Crippen LogP contribution in [0.25, 0.3) is 22.5 Å². The first-order valence-electron chi connectivity index (χ1n) is 10.6. The minimum atomic E-state index is -0.372. The van der Waals surface area contributed by atoms with E-state index in [-0.39, 0.29) is 18.2 Å². The summed E-state index contributed by atoms with van der Waals surface area (Å²) in [7, 11) is 1.72. The maximum Gasteiger partial charge on any atom is 0.273 e. The second kappa shape index (κ2) is 8.79. The number of nitrogens with one attached hydrogen (secondary N) is 3.